The third kappa shape index (κ3) is 4.18. The Bertz CT molecular complexity index is 1100. The Morgan fingerprint density at radius 1 is 1.32 bits per heavy atom. The number of methoxy groups -OCH3 is 1. The Hall–Kier alpha value is -3.20. The maximum Gasteiger partial charge on any atom is 0.286 e. The van der Waals surface area contributed by atoms with E-state index in [9.17, 15) is 14.9 Å². The van der Waals surface area contributed by atoms with Crippen LogP contribution in [-0.2, 0) is 0 Å². The van der Waals surface area contributed by atoms with Gasteiger partial charge in [0.15, 0.2) is 11.5 Å². The number of carbonyl (C=O) groups excluding carboxylic acids is 1. The van der Waals surface area contributed by atoms with Crippen molar-refractivity contribution in [1.82, 2.24) is 9.88 Å². The Morgan fingerprint density at radius 3 is 2.84 bits per heavy atom. The molecule has 162 valence electrons. The van der Waals surface area contributed by atoms with E-state index in [0.717, 1.165) is 28.1 Å². The summed E-state index contributed by atoms with van der Waals surface area (Å²) in [5.41, 5.74) is 0.685. The smallest absolute Gasteiger partial charge is 0.286 e. The normalized spacial score (nSPS) is 16.3. The van der Waals surface area contributed by atoms with Gasteiger partial charge in [-0.3, -0.25) is 14.9 Å². The van der Waals surface area contributed by atoms with Crippen molar-refractivity contribution in [3.63, 3.8) is 0 Å². The molecule has 31 heavy (non-hydrogen) atoms. The number of nitro groups is 1. The minimum absolute atomic E-state index is 0.0131. The molecular formula is C22H23N3O5S. The standard InChI is InChI=1S/C22H23N3O5S/c1-3-30-19-11-15(17(25(27)28)12-18(19)29-2)22(26)24-10-6-7-14(13-24)21-23-16-8-4-5-9-20(16)31-21/h4-5,8-9,11-12,14H,3,6-7,10,13H2,1-2H3/t14-/m1/s1. The summed E-state index contributed by atoms with van der Waals surface area (Å²) >= 11 is 1.64. The maximum atomic E-state index is 13.3. The highest BCUT2D eigenvalue weighted by Crippen LogP contribution is 2.37. The Labute approximate surface area is 183 Å². The van der Waals surface area contributed by atoms with Crippen molar-refractivity contribution in [3.05, 3.63) is 57.1 Å². The Kier molecular flexibility index (Phi) is 6.03. The molecule has 0 radical (unpaired) electrons. The average molecular weight is 442 g/mol. The highest BCUT2D eigenvalue weighted by atomic mass is 32.1. The molecule has 0 unspecified atom stereocenters. The fourth-order valence-electron chi connectivity index (χ4n) is 3.90. The quantitative estimate of drug-likeness (QED) is 0.409. The molecule has 0 N–H and O–H groups in total. The fourth-order valence-corrected chi connectivity index (χ4v) is 4.99. The molecule has 1 saturated heterocycles. The predicted molar refractivity (Wildman–Crippen MR) is 118 cm³/mol. The number of rotatable bonds is 6. The van der Waals surface area contributed by atoms with Gasteiger partial charge in [0.2, 0.25) is 0 Å². The molecule has 1 aliphatic heterocycles. The van der Waals surface area contributed by atoms with Gasteiger partial charge in [-0.25, -0.2) is 4.98 Å². The molecule has 8 nitrogen and oxygen atoms in total. The predicted octanol–water partition coefficient (Wildman–Crippen LogP) is 4.63. The first-order chi connectivity index (χ1) is 15.0. The molecule has 4 rings (SSSR count). The number of aromatic nitrogens is 1. The first-order valence-corrected chi connectivity index (χ1v) is 11.0. The zero-order chi connectivity index (χ0) is 22.0. The lowest BCUT2D eigenvalue weighted by Crippen LogP contribution is -2.39. The van der Waals surface area contributed by atoms with Crippen molar-refractivity contribution in [2.24, 2.45) is 0 Å². The molecular weight excluding hydrogens is 418 g/mol. The summed E-state index contributed by atoms with van der Waals surface area (Å²) < 4.78 is 11.9. The van der Waals surface area contributed by atoms with Gasteiger partial charge in [-0.15, -0.1) is 11.3 Å². The van der Waals surface area contributed by atoms with E-state index >= 15 is 0 Å². The lowest BCUT2D eigenvalue weighted by Gasteiger charge is -2.32. The molecule has 1 aromatic heterocycles. The van der Waals surface area contributed by atoms with E-state index in [4.69, 9.17) is 14.5 Å². The van der Waals surface area contributed by atoms with E-state index in [0.29, 0.717) is 25.4 Å². The molecule has 0 spiro atoms. The Balaban J connectivity index is 1.63. The summed E-state index contributed by atoms with van der Waals surface area (Å²) in [5.74, 6) is 0.287. The van der Waals surface area contributed by atoms with Crippen LogP contribution in [0.5, 0.6) is 11.5 Å². The van der Waals surface area contributed by atoms with Gasteiger partial charge < -0.3 is 14.4 Å². The molecule has 2 heterocycles. The number of nitro benzene ring substituents is 1. The number of carbonyl (C=O) groups is 1. The minimum atomic E-state index is -0.555. The third-order valence-corrected chi connectivity index (χ3v) is 6.58. The number of para-hydroxylation sites is 1. The summed E-state index contributed by atoms with van der Waals surface area (Å²) in [6.07, 6.45) is 1.74. The molecule has 0 bridgehead atoms. The summed E-state index contributed by atoms with van der Waals surface area (Å²) in [6.45, 7) is 3.18. The van der Waals surface area contributed by atoms with E-state index in [1.54, 1.807) is 23.2 Å². The van der Waals surface area contributed by atoms with Crippen LogP contribution in [-0.4, -0.2) is 47.5 Å². The Morgan fingerprint density at radius 2 is 2.13 bits per heavy atom. The number of benzene rings is 2. The van der Waals surface area contributed by atoms with Crippen LogP contribution >= 0.6 is 11.3 Å². The molecule has 1 aliphatic rings. The number of piperidine rings is 1. The van der Waals surface area contributed by atoms with Gasteiger partial charge >= 0.3 is 0 Å². The molecule has 3 aromatic rings. The zero-order valence-corrected chi connectivity index (χ0v) is 18.2. The average Bonchev–Trinajstić information content (AvgIpc) is 3.23. The number of ether oxygens (including phenoxy) is 2. The second-order valence-electron chi connectivity index (χ2n) is 7.32. The second-order valence-corrected chi connectivity index (χ2v) is 8.38. The van der Waals surface area contributed by atoms with Crippen LogP contribution in [0.2, 0.25) is 0 Å². The van der Waals surface area contributed by atoms with E-state index < -0.39 is 4.92 Å². The van der Waals surface area contributed by atoms with Gasteiger partial charge in [-0.2, -0.15) is 0 Å². The molecule has 0 aliphatic carbocycles. The molecule has 9 heteroatoms. The van der Waals surface area contributed by atoms with Gasteiger partial charge in [0.05, 0.1) is 39.9 Å². The number of hydrogen-bond donors (Lipinski definition) is 0. The molecule has 1 fully saturated rings. The summed E-state index contributed by atoms with van der Waals surface area (Å²) in [6, 6.07) is 10.6. The van der Waals surface area contributed by atoms with Gasteiger partial charge in [-0.05, 0) is 31.9 Å². The lowest BCUT2D eigenvalue weighted by molar-refractivity contribution is -0.385. The van der Waals surface area contributed by atoms with Crippen molar-refractivity contribution in [2.45, 2.75) is 25.7 Å². The summed E-state index contributed by atoms with van der Waals surface area (Å²) in [4.78, 5) is 30.9. The molecule has 2 aromatic carbocycles. The van der Waals surface area contributed by atoms with E-state index in [-0.39, 0.29) is 28.8 Å². The van der Waals surface area contributed by atoms with Gasteiger partial charge in [0.25, 0.3) is 11.6 Å². The number of thiazole rings is 1. The monoisotopic (exact) mass is 441 g/mol. The van der Waals surface area contributed by atoms with Crippen LogP contribution in [0.4, 0.5) is 5.69 Å². The van der Waals surface area contributed by atoms with Crippen molar-refractivity contribution in [1.29, 1.82) is 0 Å². The molecule has 1 amide bonds. The van der Waals surface area contributed by atoms with Gasteiger partial charge in [-0.1, -0.05) is 12.1 Å². The van der Waals surface area contributed by atoms with Crippen molar-refractivity contribution >= 4 is 33.1 Å². The van der Waals surface area contributed by atoms with Crippen LogP contribution in [0.25, 0.3) is 10.2 Å². The molecule has 0 saturated carbocycles. The fraction of sp³-hybridized carbons (Fsp3) is 0.364. The highest BCUT2D eigenvalue weighted by molar-refractivity contribution is 7.18. The second kappa shape index (κ2) is 8.89. The largest absolute Gasteiger partial charge is 0.493 e. The number of nitrogens with zero attached hydrogens (tertiary/aromatic N) is 3. The molecule has 1 atom stereocenters. The topological polar surface area (TPSA) is 94.8 Å². The van der Waals surface area contributed by atoms with Gasteiger partial charge in [0.1, 0.15) is 5.56 Å². The van der Waals surface area contributed by atoms with Crippen molar-refractivity contribution in [2.75, 3.05) is 26.8 Å². The number of fused-ring (bicyclic) bond motifs is 1. The van der Waals surface area contributed by atoms with E-state index in [1.165, 1.54) is 19.2 Å². The lowest BCUT2D eigenvalue weighted by atomic mass is 9.97. The number of hydrogen-bond acceptors (Lipinski definition) is 7. The van der Waals surface area contributed by atoms with Crippen LogP contribution in [0.3, 0.4) is 0 Å². The summed E-state index contributed by atoms with van der Waals surface area (Å²) in [5, 5.41) is 12.7. The minimum Gasteiger partial charge on any atom is -0.493 e. The number of likely N-dealkylation sites (tertiary alicyclic amines) is 1. The SMILES string of the molecule is CCOc1cc(C(=O)N2CCC[C@@H](c3nc4ccccc4s3)C2)c([N+](=O)[O-])cc1OC. The zero-order valence-electron chi connectivity index (χ0n) is 17.4. The number of amides is 1. The first-order valence-electron chi connectivity index (χ1n) is 10.2. The van der Waals surface area contributed by atoms with Crippen LogP contribution in [0.15, 0.2) is 36.4 Å². The van der Waals surface area contributed by atoms with E-state index in [1.807, 2.05) is 24.3 Å². The first kappa shape index (κ1) is 21.0. The van der Waals surface area contributed by atoms with Crippen LogP contribution in [0, 0.1) is 10.1 Å². The third-order valence-electron chi connectivity index (χ3n) is 5.38. The maximum absolute atomic E-state index is 13.3. The van der Waals surface area contributed by atoms with Crippen LogP contribution < -0.4 is 9.47 Å². The summed E-state index contributed by atoms with van der Waals surface area (Å²) in [7, 11) is 1.41. The van der Waals surface area contributed by atoms with E-state index in [2.05, 4.69) is 0 Å². The van der Waals surface area contributed by atoms with Crippen molar-refractivity contribution in [3.8, 4) is 11.5 Å². The van der Waals surface area contributed by atoms with Crippen LogP contribution in [0.1, 0.15) is 41.0 Å². The highest BCUT2D eigenvalue weighted by Gasteiger charge is 2.32. The van der Waals surface area contributed by atoms with Gasteiger partial charge in [0, 0.05) is 25.1 Å². The van der Waals surface area contributed by atoms with Crippen molar-refractivity contribution < 1.29 is 19.2 Å².